The zero-order valence-electron chi connectivity index (χ0n) is 8.39. The van der Waals surface area contributed by atoms with Crippen molar-refractivity contribution in [1.82, 2.24) is 0 Å². The fourth-order valence-corrected chi connectivity index (χ4v) is 0.786. The van der Waals surface area contributed by atoms with Gasteiger partial charge in [-0.1, -0.05) is 48.6 Å². The quantitative estimate of drug-likeness (QED) is 0.427. The first-order chi connectivity index (χ1) is 5.00. The van der Waals surface area contributed by atoms with Crippen molar-refractivity contribution < 1.29 is 17.1 Å². The van der Waals surface area contributed by atoms with Crippen LogP contribution in [0.4, 0.5) is 0 Å². The van der Waals surface area contributed by atoms with E-state index in [-0.39, 0.29) is 31.9 Å². The molecule has 0 N–H and O–H groups in total. The smallest absolute Gasteiger partial charge is 0.358 e. The molecule has 0 fully saturated rings. The first-order valence-electron chi connectivity index (χ1n) is 3.63. The predicted molar refractivity (Wildman–Crippen MR) is 58.6 cm³/mol. The van der Waals surface area contributed by atoms with Gasteiger partial charge in [0, 0.05) is 0 Å². The van der Waals surface area contributed by atoms with E-state index in [4.69, 9.17) is 0 Å². The van der Waals surface area contributed by atoms with Crippen LogP contribution in [0.2, 0.25) is 0 Å². The van der Waals surface area contributed by atoms with Crippen molar-refractivity contribution in [2.75, 3.05) is 0 Å². The molecule has 0 saturated carbocycles. The molecule has 74 valence electrons. The minimum Gasteiger partial charge on any atom is -0.358 e. The molecule has 0 bridgehead atoms. The molecule has 0 atom stereocenters. The van der Waals surface area contributed by atoms with Crippen molar-refractivity contribution in [3.63, 3.8) is 0 Å². The first-order valence-corrected chi connectivity index (χ1v) is 3.63. The molecule has 0 aromatic rings. The van der Waals surface area contributed by atoms with E-state index < -0.39 is 0 Å². The molecule has 0 saturated heterocycles. The summed E-state index contributed by atoms with van der Waals surface area (Å²) in [7, 11) is 0. The minimum absolute atomic E-state index is 0. The van der Waals surface area contributed by atoms with Crippen LogP contribution in [0.1, 0.15) is 12.8 Å². The third-order valence-corrected chi connectivity index (χ3v) is 1.31. The van der Waals surface area contributed by atoms with Crippen LogP contribution in [0.15, 0.2) is 48.6 Å². The molecule has 0 aliphatic heterocycles. The van der Waals surface area contributed by atoms with E-state index in [0.29, 0.717) is 0 Å². The fourth-order valence-electron chi connectivity index (χ4n) is 0.786. The molecule has 0 amide bonds. The molecular formula is C12H18Fe. The van der Waals surface area contributed by atoms with Gasteiger partial charge in [0.1, 0.15) is 0 Å². The van der Waals surface area contributed by atoms with E-state index in [0.717, 1.165) is 12.8 Å². The molecule has 1 heteroatoms. The maximum Gasteiger partial charge on any atom is 2.00 e. The number of hydrogen-bond donors (Lipinski definition) is 0. The monoisotopic (exact) mass is 218 g/mol. The van der Waals surface area contributed by atoms with Gasteiger partial charge in [0.25, 0.3) is 0 Å². The Morgan fingerprint density at radius 1 is 0.538 bits per heavy atom. The molecule has 0 nitrogen and oxygen atoms in total. The van der Waals surface area contributed by atoms with Gasteiger partial charge in [0.2, 0.25) is 0 Å². The van der Waals surface area contributed by atoms with Crippen molar-refractivity contribution in [1.29, 1.82) is 0 Å². The van der Waals surface area contributed by atoms with Crippen molar-refractivity contribution in [2.45, 2.75) is 12.8 Å². The molecule has 0 radical (unpaired) electrons. The molecule has 0 aromatic heterocycles. The summed E-state index contributed by atoms with van der Waals surface area (Å²) in [6, 6.07) is 0. The van der Waals surface area contributed by atoms with E-state index in [1.165, 1.54) is 0 Å². The fraction of sp³-hybridized carbons (Fsp3) is 0.167. The molecule has 2 aliphatic carbocycles. The largest absolute Gasteiger partial charge is 2.00 e. The van der Waals surface area contributed by atoms with Crippen LogP contribution < -0.4 is 0 Å². The van der Waals surface area contributed by atoms with Crippen LogP contribution in [0.5, 0.6) is 0 Å². The minimum atomic E-state index is 0. The molecule has 0 heterocycles. The van der Waals surface area contributed by atoms with Crippen molar-refractivity contribution >= 4 is 0 Å². The Morgan fingerprint density at radius 2 is 0.769 bits per heavy atom. The predicted octanol–water partition coefficient (Wildman–Crippen LogP) is 3.90. The molecule has 2 aliphatic rings. The third-order valence-electron chi connectivity index (χ3n) is 1.31. The number of hydrogen-bond acceptors (Lipinski definition) is 0. The topological polar surface area (TPSA) is 0 Å². The summed E-state index contributed by atoms with van der Waals surface area (Å²) >= 11 is 0. The second kappa shape index (κ2) is 14.0. The molecule has 13 heavy (non-hydrogen) atoms. The Morgan fingerprint density at radius 3 is 0.846 bits per heavy atom. The molecule has 0 spiro atoms. The van der Waals surface area contributed by atoms with Gasteiger partial charge in [-0.25, -0.2) is 0 Å². The van der Waals surface area contributed by atoms with Crippen molar-refractivity contribution in [3.8, 4) is 0 Å². The summed E-state index contributed by atoms with van der Waals surface area (Å²) in [5.74, 6) is 0. The molecule has 2 rings (SSSR count). The average molecular weight is 218 g/mol. The number of allylic oxidation sites excluding steroid dienone is 8. The number of rotatable bonds is 0. The maximum atomic E-state index is 2.12. The normalized spacial score (nSPS) is 13.5. The maximum absolute atomic E-state index is 2.12. The van der Waals surface area contributed by atoms with Crippen LogP contribution in [0, 0.1) is 14.9 Å². The molecule has 0 unspecified atom stereocenters. The Bertz CT molecular complexity index is 143. The average Bonchev–Trinajstić information content (AvgIpc) is 2.67. The van der Waals surface area contributed by atoms with E-state index in [1.54, 1.807) is 0 Å². The van der Waals surface area contributed by atoms with Gasteiger partial charge < -0.3 is 14.9 Å². The Labute approximate surface area is 93.6 Å². The van der Waals surface area contributed by atoms with Gasteiger partial charge >= 0.3 is 17.1 Å². The van der Waals surface area contributed by atoms with Crippen LogP contribution in [-0.4, -0.2) is 0 Å². The summed E-state index contributed by atoms with van der Waals surface area (Å²) in [4.78, 5) is 0. The van der Waals surface area contributed by atoms with E-state index in [9.17, 15) is 0 Å². The van der Waals surface area contributed by atoms with Gasteiger partial charge in [0.05, 0.1) is 0 Å². The Hall–Kier alpha value is -0.521. The standard InChI is InChI=1S/2C5H6.2CH3.Fe/c2*1-2-4-5-3-1;;;/h2*1-4H,5H2;2*1H3;/q;;2*-1;+2. The van der Waals surface area contributed by atoms with Crippen molar-refractivity contribution in [3.05, 3.63) is 63.5 Å². The van der Waals surface area contributed by atoms with E-state index in [2.05, 4.69) is 48.6 Å². The summed E-state index contributed by atoms with van der Waals surface area (Å²) in [5.41, 5.74) is 0. The zero-order valence-corrected chi connectivity index (χ0v) is 9.49. The molecular weight excluding hydrogens is 200 g/mol. The second-order valence-corrected chi connectivity index (χ2v) is 2.18. The van der Waals surface area contributed by atoms with E-state index >= 15 is 0 Å². The van der Waals surface area contributed by atoms with Gasteiger partial charge in [-0.15, -0.1) is 0 Å². The van der Waals surface area contributed by atoms with Crippen LogP contribution in [-0.2, 0) is 17.1 Å². The summed E-state index contributed by atoms with van der Waals surface area (Å²) in [6.45, 7) is 0. The summed E-state index contributed by atoms with van der Waals surface area (Å²) in [6.07, 6.45) is 19.0. The van der Waals surface area contributed by atoms with E-state index in [1.807, 2.05) is 0 Å². The van der Waals surface area contributed by atoms with Gasteiger partial charge in [-0.3, -0.25) is 0 Å². The third kappa shape index (κ3) is 11.5. The van der Waals surface area contributed by atoms with Crippen LogP contribution >= 0.6 is 0 Å². The van der Waals surface area contributed by atoms with Gasteiger partial charge in [-0.05, 0) is 12.8 Å². The molecule has 0 aromatic carbocycles. The second-order valence-electron chi connectivity index (χ2n) is 2.18. The SMILES string of the molecule is C1=CCC=C1.C1=CCC=C1.[CH3-].[CH3-].[Fe+2]. The van der Waals surface area contributed by atoms with Crippen LogP contribution in [0.25, 0.3) is 0 Å². The first kappa shape index (κ1) is 18.3. The van der Waals surface area contributed by atoms with Crippen molar-refractivity contribution in [2.24, 2.45) is 0 Å². The van der Waals surface area contributed by atoms with Gasteiger partial charge in [-0.2, -0.15) is 0 Å². The Balaban J connectivity index is -0.000000125. The zero-order chi connectivity index (χ0) is 7.07. The van der Waals surface area contributed by atoms with Gasteiger partial charge in [0.15, 0.2) is 0 Å². The summed E-state index contributed by atoms with van der Waals surface area (Å²) in [5, 5.41) is 0. The summed E-state index contributed by atoms with van der Waals surface area (Å²) < 4.78 is 0. The van der Waals surface area contributed by atoms with Crippen LogP contribution in [0.3, 0.4) is 0 Å². The Kier molecular flexibility index (Phi) is 19.7.